The monoisotopic (exact) mass is 454 g/mol. The molecular formula is C21H27ClN2O5S. The largest absolute Gasteiger partial charge is 0.351 e. The fourth-order valence-corrected chi connectivity index (χ4v) is 6.82. The number of halogens is 1. The van der Waals surface area contributed by atoms with E-state index in [9.17, 15) is 13.2 Å². The Labute approximate surface area is 182 Å². The van der Waals surface area contributed by atoms with Crippen LogP contribution in [0.5, 0.6) is 0 Å². The molecule has 3 aliphatic rings. The van der Waals surface area contributed by atoms with Crippen LogP contribution >= 0.6 is 11.6 Å². The lowest BCUT2D eigenvalue weighted by Crippen LogP contribution is -2.65. The Morgan fingerprint density at radius 2 is 1.97 bits per heavy atom. The highest BCUT2D eigenvalue weighted by molar-refractivity contribution is 7.89. The van der Waals surface area contributed by atoms with Crippen LogP contribution in [0.25, 0.3) is 0 Å². The number of fused-ring (bicyclic) bond motifs is 1. The predicted octanol–water partition coefficient (Wildman–Crippen LogP) is 2.13. The van der Waals surface area contributed by atoms with E-state index in [0.29, 0.717) is 39.0 Å². The van der Waals surface area contributed by atoms with Crippen LogP contribution in [-0.4, -0.2) is 62.6 Å². The van der Waals surface area contributed by atoms with Gasteiger partial charge in [-0.2, -0.15) is 4.31 Å². The smallest absolute Gasteiger partial charge is 0.243 e. The van der Waals surface area contributed by atoms with Crippen molar-refractivity contribution in [1.82, 2.24) is 9.62 Å². The standard InChI is InChI=1S/C21H27ClN2O5S/c1-2-20-15-24(30(26,27)17-6-4-3-5-7-17)9-8-16(20)12-21(28-10-11-29-21)13-18(20)23-19(25)14-22/h2-7,16,18H,1,8-15H2,(H,23,25)/t16-,18-,20-/m0/s1. The number of hydrogen-bond acceptors (Lipinski definition) is 5. The first kappa shape index (κ1) is 21.8. The Balaban J connectivity index is 1.68. The quantitative estimate of drug-likeness (QED) is 0.544. The van der Waals surface area contributed by atoms with Gasteiger partial charge in [-0.15, -0.1) is 18.2 Å². The highest BCUT2D eigenvalue weighted by Gasteiger charge is 2.59. The van der Waals surface area contributed by atoms with Crippen molar-refractivity contribution in [3.8, 4) is 0 Å². The summed E-state index contributed by atoms with van der Waals surface area (Å²) in [5, 5.41) is 3.00. The Kier molecular flexibility index (Phi) is 5.98. The van der Waals surface area contributed by atoms with Gasteiger partial charge >= 0.3 is 0 Å². The molecule has 1 aromatic rings. The summed E-state index contributed by atoms with van der Waals surface area (Å²) < 4.78 is 40.0. The summed E-state index contributed by atoms with van der Waals surface area (Å²) in [5.74, 6) is -1.17. The van der Waals surface area contributed by atoms with Crippen molar-refractivity contribution in [3.05, 3.63) is 43.0 Å². The van der Waals surface area contributed by atoms with E-state index in [0.717, 1.165) is 0 Å². The minimum atomic E-state index is -3.66. The van der Waals surface area contributed by atoms with E-state index in [2.05, 4.69) is 11.9 Å². The van der Waals surface area contributed by atoms with Crippen molar-refractivity contribution in [2.45, 2.75) is 36.0 Å². The third kappa shape index (κ3) is 3.69. The first-order valence-electron chi connectivity index (χ1n) is 10.2. The summed E-state index contributed by atoms with van der Waals surface area (Å²) in [7, 11) is -3.66. The summed E-state index contributed by atoms with van der Waals surface area (Å²) in [6, 6.07) is 8.02. The van der Waals surface area contributed by atoms with Crippen LogP contribution in [0.3, 0.4) is 0 Å². The minimum Gasteiger partial charge on any atom is -0.351 e. The average Bonchev–Trinajstić information content (AvgIpc) is 3.21. The first-order chi connectivity index (χ1) is 14.4. The van der Waals surface area contributed by atoms with Crippen LogP contribution in [-0.2, 0) is 24.3 Å². The second kappa shape index (κ2) is 8.24. The molecule has 2 saturated heterocycles. The topological polar surface area (TPSA) is 84.9 Å². The van der Waals surface area contributed by atoms with E-state index < -0.39 is 27.3 Å². The van der Waals surface area contributed by atoms with Gasteiger partial charge in [0.2, 0.25) is 15.9 Å². The molecule has 7 nitrogen and oxygen atoms in total. The van der Waals surface area contributed by atoms with Gasteiger partial charge in [0.25, 0.3) is 0 Å². The summed E-state index contributed by atoms with van der Waals surface area (Å²) in [4.78, 5) is 12.5. The molecule has 1 aromatic carbocycles. The molecule has 3 fully saturated rings. The number of amides is 1. The maximum absolute atomic E-state index is 13.3. The van der Waals surface area contributed by atoms with Gasteiger partial charge in [0.05, 0.1) is 18.1 Å². The predicted molar refractivity (Wildman–Crippen MR) is 112 cm³/mol. The van der Waals surface area contributed by atoms with E-state index in [1.54, 1.807) is 30.3 Å². The number of ether oxygens (including phenoxy) is 2. The summed E-state index contributed by atoms with van der Waals surface area (Å²) in [5.41, 5.74) is -0.637. The fourth-order valence-electron chi connectivity index (χ4n) is 5.20. The number of piperidine rings is 1. The Morgan fingerprint density at radius 3 is 2.60 bits per heavy atom. The van der Waals surface area contributed by atoms with Crippen LogP contribution in [0.2, 0.25) is 0 Å². The molecule has 1 spiro atoms. The van der Waals surface area contributed by atoms with Crippen molar-refractivity contribution >= 4 is 27.5 Å². The van der Waals surface area contributed by atoms with Crippen molar-refractivity contribution in [2.24, 2.45) is 11.3 Å². The van der Waals surface area contributed by atoms with Gasteiger partial charge in [-0.25, -0.2) is 8.42 Å². The number of carbonyl (C=O) groups is 1. The zero-order valence-electron chi connectivity index (χ0n) is 16.8. The highest BCUT2D eigenvalue weighted by atomic mass is 35.5. The fraction of sp³-hybridized carbons (Fsp3) is 0.571. The summed E-state index contributed by atoms with van der Waals surface area (Å²) in [6.45, 7) is 5.71. The molecule has 9 heteroatoms. The van der Waals surface area contributed by atoms with Crippen LogP contribution in [0, 0.1) is 11.3 Å². The molecular weight excluding hydrogens is 428 g/mol. The summed E-state index contributed by atoms with van der Waals surface area (Å²) >= 11 is 5.76. The van der Waals surface area contributed by atoms with E-state index in [-0.39, 0.29) is 29.1 Å². The first-order valence-corrected chi connectivity index (χ1v) is 12.1. The second-order valence-electron chi connectivity index (χ2n) is 8.22. The van der Waals surface area contributed by atoms with Gasteiger partial charge in [-0.1, -0.05) is 24.3 Å². The highest BCUT2D eigenvalue weighted by Crippen LogP contribution is 2.53. The van der Waals surface area contributed by atoms with Crippen LogP contribution in [0.15, 0.2) is 47.9 Å². The van der Waals surface area contributed by atoms with Gasteiger partial charge < -0.3 is 14.8 Å². The molecule has 164 valence electrons. The molecule has 30 heavy (non-hydrogen) atoms. The van der Waals surface area contributed by atoms with Crippen molar-refractivity contribution < 1.29 is 22.7 Å². The van der Waals surface area contributed by atoms with E-state index in [1.807, 2.05) is 6.08 Å². The number of rotatable bonds is 5. The Hall–Kier alpha value is -1.45. The molecule has 0 aromatic heterocycles. The molecule has 1 amide bonds. The number of hydrogen-bond donors (Lipinski definition) is 1. The molecule has 1 N–H and O–H groups in total. The third-order valence-corrected chi connectivity index (χ3v) is 8.79. The van der Waals surface area contributed by atoms with Gasteiger partial charge in [0.1, 0.15) is 5.88 Å². The van der Waals surface area contributed by atoms with Crippen LogP contribution in [0.1, 0.15) is 19.3 Å². The van der Waals surface area contributed by atoms with Gasteiger partial charge in [-0.05, 0) is 24.5 Å². The van der Waals surface area contributed by atoms with Gasteiger partial charge in [0.15, 0.2) is 5.79 Å². The number of nitrogens with zero attached hydrogens (tertiary/aromatic N) is 1. The number of sulfonamides is 1. The van der Waals surface area contributed by atoms with Crippen molar-refractivity contribution in [1.29, 1.82) is 0 Å². The molecule has 0 bridgehead atoms. The molecule has 2 aliphatic heterocycles. The molecule has 3 atom stereocenters. The Morgan fingerprint density at radius 1 is 1.27 bits per heavy atom. The Bertz CT molecular complexity index is 903. The molecule has 0 radical (unpaired) electrons. The third-order valence-electron chi connectivity index (χ3n) is 6.69. The normalized spacial score (nSPS) is 31.2. The van der Waals surface area contributed by atoms with Crippen molar-refractivity contribution in [2.75, 3.05) is 32.2 Å². The molecule has 1 saturated carbocycles. The minimum absolute atomic E-state index is 0.0599. The van der Waals surface area contributed by atoms with E-state index in [1.165, 1.54) is 4.31 Å². The lowest BCUT2D eigenvalue weighted by molar-refractivity contribution is -0.215. The number of carbonyl (C=O) groups excluding carboxylic acids is 1. The molecule has 2 heterocycles. The lowest BCUT2D eigenvalue weighted by atomic mass is 9.59. The molecule has 0 unspecified atom stereocenters. The maximum atomic E-state index is 13.3. The van der Waals surface area contributed by atoms with E-state index in [4.69, 9.17) is 21.1 Å². The zero-order valence-corrected chi connectivity index (χ0v) is 18.3. The SMILES string of the molecule is C=C[C@]12CN(S(=O)(=O)c3ccccc3)CC[C@H]1CC1(C[C@@H]2NC(=O)CCl)OCCO1. The lowest BCUT2D eigenvalue weighted by Gasteiger charge is -2.56. The zero-order chi connectivity index (χ0) is 21.4. The van der Waals surface area contributed by atoms with Crippen molar-refractivity contribution in [3.63, 3.8) is 0 Å². The number of nitrogens with one attached hydrogen (secondary N) is 1. The van der Waals surface area contributed by atoms with Gasteiger partial charge in [0, 0.05) is 37.4 Å². The molecule has 4 rings (SSSR count). The summed E-state index contributed by atoms with van der Waals surface area (Å²) in [6.07, 6.45) is 3.51. The number of benzene rings is 1. The average molecular weight is 455 g/mol. The number of alkyl halides is 1. The second-order valence-corrected chi connectivity index (χ2v) is 10.4. The van der Waals surface area contributed by atoms with Gasteiger partial charge in [-0.3, -0.25) is 4.79 Å². The van der Waals surface area contributed by atoms with Crippen LogP contribution < -0.4 is 5.32 Å². The maximum Gasteiger partial charge on any atom is 0.243 e. The molecule has 1 aliphatic carbocycles. The van der Waals surface area contributed by atoms with Crippen LogP contribution in [0.4, 0.5) is 0 Å². The van der Waals surface area contributed by atoms with E-state index >= 15 is 0 Å².